The molecule has 3 rings (SSSR count). The third-order valence-electron chi connectivity index (χ3n) is 4.48. The molecule has 1 heterocycles. The average molecular weight is 417 g/mol. The van der Waals surface area contributed by atoms with Gasteiger partial charge in [-0.15, -0.1) is 0 Å². The zero-order valence-electron chi connectivity index (χ0n) is 16.5. The summed E-state index contributed by atoms with van der Waals surface area (Å²) in [5.74, 6) is 0.688. The molecule has 0 spiro atoms. The fraction of sp³-hybridized carbons (Fsp3) is 0.286. The zero-order valence-corrected chi connectivity index (χ0v) is 17.3. The van der Waals surface area contributed by atoms with Crippen LogP contribution in [0.5, 0.6) is 11.5 Å². The van der Waals surface area contributed by atoms with Crippen LogP contribution in [0.1, 0.15) is 21.7 Å². The van der Waals surface area contributed by atoms with E-state index in [2.05, 4.69) is 5.32 Å². The fourth-order valence-electron chi connectivity index (χ4n) is 3.16. The van der Waals surface area contributed by atoms with E-state index in [1.54, 1.807) is 50.6 Å². The van der Waals surface area contributed by atoms with E-state index in [9.17, 15) is 13.2 Å². The number of benzene rings is 2. The zero-order chi connectivity index (χ0) is 21.0. The highest BCUT2D eigenvalue weighted by Gasteiger charge is 2.23. The van der Waals surface area contributed by atoms with Crippen LogP contribution in [0.2, 0.25) is 0 Å². The van der Waals surface area contributed by atoms with Crippen molar-refractivity contribution in [1.29, 1.82) is 0 Å². The molecule has 8 heteroatoms. The minimum Gasteiger partial charge on any atom is -0.497 e. The number of para-hydroxylation sites is 1. The van der Waals surface area contributed by atoms with Crippen LogP contribution in [-0.4, -0.2) is 41.3 Å². The van der Waals surface area contributed by atoms with Gasteiger partial charge in [0.25, 0.3) is 5.91 Å². The molecule has 2 aromatic carbocycles. The molecule has 0 saturated carbocycles. The Balaban J connectivity index is 1.80. The Hall–Kier alpha value is -3.00. The summed E-state index contributed by atoms with van der Waals surface area (Å²) in [5.41, 5.74) is 1.73. The second-order valence-corrected chi connectivity index (χ2v) is 8.80. The highest BCUT2D eigenvalue weighted by Crippen LogP contribution is 2.28. The van der Waals surface area contributed by atoms with Crippen LogP contribution >= 0.6 is 0 Å². The molecule has 0 bridgehead atoms. The smallest absolute Gasteiger partial charge is 0.287 e. The predicted octanol–water partition coefficient (Wildman–Crippen LogP) is 2.97. The second-order valence-electron chi connectivity index (χ2n) is 6.66. The monoisotopic (exact) mass is 417 g/mol. The molecular weight excluding hydrogens is 394 g/mol. The molecule has 7 nitrogen and oxygen atoms in total. The van der Waals surface area contributed by atoms with Gasteiger partial charge in [-0.2, -0.15) is 0 Å². The maximum atomic E-state index is 12.7. The summed E-state index contributed by atoms with van der Waals surface area (Å²) in [6.07, 6.45) is 1.64. The number of furan rings is 1. The molecular formula is C21H23NO6S. The van der Waals surface area contributed by atoms with E-state index in [0.717, 1.165) is 11.8 Å². The largest absolute Gasteiger partial charge is 0.497 e. The first-order valence-corrected chi connectivity index (χ1v) is 11.1. The number of fused-ring (bicyclic) bond motifs is 1. The van der Waals surface area contributed by atoms with Crippen molar-refractivity contribution < 1.29 is 27.1 Å². The maximum absolute atomic E-state index is 12.7. The molecule has 3 aromatic rings. The fourth-order valence-corrected chi connectivity index (χ4v) is 3.97. The summed E-state index contributed by atoms with van der Waals surface area (Å²) in [6.45, 7) is 0.317. The van der Waals surface area contributed by atoms with Crippen LogP contribution in [0.15, 0.2) is 46.9 Å². The SMILES string of the molecule is COc1ccc(OC)c(CCNC(=O)c2oc3ccccc3c2CS(C)(=O)=O)c1. The Labute approximate surface area is 169 Å². The Kier molecular flexibility index (Phi) is 6.12. The molecule has 29 heavy (non-hydrogen) atoms. The van der Waals surface area contributed by atoms with E-state index in [1.165, 1.54) is 0 Å². The predicted molar refractivity (Wildman–Crippen MR) is 110 cm³/mol. The van der Waals surface area contributed by atoms with Gasteiger partial charge in [-0.05, 0) is 36.2 Å². The summed E-state index contributed by atoms with van der Waals surface area (Å²) in [5, 5.41) is 3.42. The average Bonchev–Trinajstić information content (AvgIpc) is 3.05. The molecule has 0 unspecified atom stereocenters. The molecule has 154 valence electrons. The number of methoxy groups -OCH3 is 2. The normalized spacial score (nSPS) is 11.4. The first kappa shape index (κ1) is 20.7. The second kappa shape index (κ2) is 8.57. The van der Waals surface area contributed by atoms with Crippen molar-refractivity contribution in [3.8, 4) is 11.5 Å². The molecule has 0 atom stereocenters. The van der Waals surface area contributed by atoms with Gasteiger partial charge in [0.15, 0.2) is 15.6 Å². The number of nitrogens with one attached hydrogen (secondary N) is 1. The molecule has 0 fully saturated rings. The van der Waals surface area contributed by atoms with E-state index in [0.29, 0.717) is 41.0 Å². The summed E-state index contributed by atoms with van der Waals surface area (Å²) in [7, 11) is -0.184. The number of carbonyl (C=O) groups excluding carboxylic acids is 1. The van der Waals surface area contributed by atoms with Crippen LogP contribution in [0.3, 0.4) is 0 Å². The summed E-state index contributed by atoms with van der Waals surface area (Å²) in [6, 6.07) is 12.5. The van der Waals surface area contributed by atoms with Gasteiger partial charge >= 0.3 is 0 Å². The molecule has 1 N–H and O–H groups in total. The Morgan fingerprint density at radius 1 is 1.10 bits per heavy atom. The molecule has 1 aromatic heterocycles. The molecule has 0 radical (unpaired) electrons. The summed E-state index contributed by atoms with van der Waals surface area (Å²) >= 11 is 0. The lowest BCUT2D eigenvalue weighted by Crippen LogP contribution is -2.26. The van der Waals surface area contributed by atoms with Crippen molar-refractivity contribution in [1.82, 2.24) is 5.32 Å². The lowest BCUT2D eigenvalue weighted by Gasteiger charge is -2.11. The molecule has 0 aliphatic carbocycles. The van der Waals surface area contributed by atoms with Crippen molar-refractivity contribution in [3.63, 3.8) is 0 Å². The third-order valence-corrected chi connectivity index (χ3v) is 5.29. The molecule has 0 saturated heterocycles. The number of hydrogen-bond donors (Lipinski definition) is 1. The first-order valence-electron chi connectivity index (χ1n) is 8.99. The van der Waals surface area contributed by atoms with Gasteiger partial charge in [0.1, 0.15) is 17.1 Å². The number of sulfone groups is 1. The number of amides is 1. The van der Waals surface area contributed by atoms with Crippen LogP contribution in [0, 0.1) is 0 Å². The highest BCUT2D eigenvalue weighted by molar-refractivity contribution is 7.89. The van der Waals surface area contributed by atoms with Gasteiger partial charge in [0.05, 0.1) is 20.0 Å². The van der Waals surface area contributed by atoms with Crippen LogP contribution in [-0.2, 0) is 22.0 Å². The summed E-state index contributed by atoms with van der Waals surface area (Å²) < 4.78 is 39.9. The molecule has 0 aliphatic rings. The van der Waals surface area contributed by atoms with Crippen molar-refractivity contribution in [2.75, 3.05) is 27.0 Å². The van der Waals surface area contributed by atoms with Crippen LogP contribution in [0.25, 0.3) is 11.0 Å². The standard InChI is InChI=1S/C21H23NO6S/c1-26-15-8-9-18(27-2)14(12-15)10-11-22-21(23)20-17(13-29(3,24)25)16-6-4-5-7-19(16)28-20/h4-9,12H,10-11,13H2,1-3H3,(H,22,23). The summed E-state index contributed by atoms with van der Waals surface area (Å²) in [4.78, 5) is 12.7. The van der Waals surface area contributed by atoms with E-state index >= 15 is 0 Å². The highest BCUT2D eigenvalue weighted by atomic mass is 32.2. The van der Waals surface area contributed by atoms with Gasteiger partial charge in [0, 0.05) is 23.8 Å². The lowest BCUT2D eigenvalue weighted by molar-refractivity contribution is 0.0927. The Morgan fingerprint density at radius 3 is 2.55 bits per heavy atom. The number of carbonyl (C=O) groups is 1. The lowest BCUT2D eigenvalue weighted by atomic mass is 10.1. The minimum absolute atomic E-state index is 0.0224. The van der Waals surface area contributed by atoms with E-state index < -0.39 is 15.7 Å². The number of rotatable bonds is 8. The van der Waals surface area contributed by atoms with Gasteiger partial charge in [0.2, 0.25) is 0 Å². The first-order chi connectivity index (χ1) is 13.8. The van der Waals surface area contributed by atoms with Gasteiger partial charge in [-0.25, -0.2) is 8.42 Å². The molecule has 1 amide bonds. The van der Waals surface area contributed by atoms with Crippen molar-refractivity contribution in [3.05, 3.63) is 59.4 Å². The number of ether oxygens (including phenoxy) is 2. The Morgan fingerprint density at radius 2 is 1.86 bits per heavy atom. The minimum atomic E-state index is -3.35. The van der Waals surface area contributed by atoms with Gasteiger partial charge < -0.3 is 19.2 Å². The third kappa shape index (κ3) is 4.89. The van der Waals surface area contributed by atoms with E-state index in [-0.39, 0.29) is 11.5 Å². The van der Waals surface area contributed by atoms with Crippen molar-refractivity contribution >= 4 is 26.7 Å². The molecule has 0 aliphatic heterocycles. The van der Waals surface area contributed by atoms with E-state index in [1.807, 2.05) is 6.07 Å². The van der Waals surface area contributed by atoms with Crippen LogP contribution in [0.4, 0.5) is 0 Å². The topological polar surface area (TPSA) is 94.8 Å². The maximum Gasteiger partial charge on any atom is 0.287 e. The van der Waals surface area contributed by atoms with Gasteiger partial charge in [-0.1, -0.05) is 18.2 Å². The Bertz CT molecular complexity index is 1130. The number of hydrogen-bond acceptors (Lipinski definition) is 6. The quantitative estimate of drug-likeness (QED) is 0.606. The van der Waals surface area contributed by atoms with E-state index in [4.69, 9.17) is 13.9 Å². The van der Waals surface area contributed by atoms with Crippen molar-refractivity contribution in [2.45, 2.75) is 12.2 Å². The van der Waals surface area contributed by atoms with Crippen molar-refractivity contribution in [2.24, 2.45) is 0 Å². The van der Waals surface area contributed by atoms with Crippen LogP contribution < -0.4 is 14.8 Å². The van der Waals surface area contributed by atoms with Gasteiger partial charge in [-0.3, -0.25) is 4.79 Å².